The van der Waals surface area contributed by atoms with Crippen molar-refractivity contribution in [3.8, 4) is 0 Å². The second kappa shape index (κ2) is 8.06. The molecule has 1 unspecified atom stereocenters. The molecule has 0 saturated carbocycles. The number of pyridine rings is 1. The van der Waals surface area contributed by atoms with Gasteiger partial charge in [0.05, 0.1) is 0 Å². The van der Waals surface area contributed by atoms with E-state index in [4.69, 9.17) is 0 Å². The molecule has 4 heteroatoms. The summed E-state index contributed by atoms with van der Waals surface area (Å²) in [7, 11) is 0. The van der Waals surface area contributed by atoms with Crippen molar-refractivity contribution < 1.29 is 0 Å². The van der Waals surface area contributed by atoms with Crippen LogP contribution in [-0.4, -0.2) is 11.5 Å². The first-order valence-electron chi connectivity index (χ1n) is 7.20. The van der Waals surface area contributed by atoms with Crippen LogP contribution in [0, 0.1) is 6.92 Å². The van der Waals surface area contributed by atoms with Gasteiger partial charge in [0.2, 0.25) is 0 Å². The third-order valence-corrected chi connectivity index (χ3v) is 4.79. The Labute approximate surface area is 143 Å². The first-order chi connectivity index (χ1) is 10.1. The molecule has 0 aliphatic carbocycles. The van der Waals surface area contributed by atoms with Crippen LogP contribution in [0.15, 0.2) is 45.5 Å². The minimum atomic E-state index is 0.297. The van der Waals surface area contributed by atoms with Crippen molar-refractivity contribution in [1.82, 2.24) is 10.3 Å². The molecule has 0 saturated heterocycles. The van der Waals surface area contributed by atoms with Crippen molar-refractivity contribution in [2.75, 3.05) is 6.54 Å². The average molecular weight is 412 g/mol. The van der Waals surface area contributed by atoms with Gasteiger partial charge < -0.3 is 5.32 Å². The van der Waals surface area contributed by atoms with Gasteiger partial charge in [0.25, 0.3) is 0 Å². The number of halogens is 2. The summed E-state index contributed by atoms with van der Waals surface area (Å²) in [6.07, 6.45) is 3.88. The summed E-state index contributed by atoms with van der Waals surface area (Å²) in [5.74, 6) is 0. The minimum Gasteiger partial charge on any atom is -0.310 e. The lowest BCUT2D eigenvalue weighted by molar-refractivity contribution is 0.524. The molecule has 1 heterocycles. The third kappa shape index (κ3) is 4.90. The Morgan fingerprint density at radius 1 is 1.19 bits per heavy atom. The maximum Gasteiger partial charge on any atom is 0.0423 e. The minimum absolute atomic E-state index is 0.297. The Morgan fingerprint density at radius 3 is 2.62 bits per heavy atom. The number of hydrogen-bond acceptors (Lipinski definition) is 2. The van der Waals surface area contributed by atoms with Crippen molar-refractivity contribution in [2.45, 2.75) is 32.7 Å². The molecule has 2 nitrogen and oxygen atoms in total. The number of benzene rings is 1. The molecule has 0 aliphatic heterocycles. The Hall–Kier alpha value is -0.710. The lowest BCUT2D eigenvalue weighted by Gasteiger charge is -2.19. The van der Waals surface area contributed by atoms with E-state index in [2.05, 4.69) is 80.3 Å². The number of nitrogens with one attached hydrogen (secondary N) is 1. The highest BCUT2D eigenvalue weighted by Gasteiger charge is 2.13. The number of rotatable bonds is 6. The van der Waals surface area contributed by atoms with Crippen LogP contribution >= 0.6 is 31.9 Å². The molecule has 2 rings (SSSR count). The van der Waals surface area contributed by atoms with Crippen LogP contribution in [0.1, 0.15) is 36.2 Å². The van der Waals surface area contributed by atoms with Gasteiger partial charge in [0.15, 0.2) is 0 Å². The van der Waals surface area contributed by atoms with Crippen molar-refractivity contribution in [3.05, 3.63) is 62.3 Å². The molecule has 0 spiro atoms. The van der Waals surface area contributed by atoms with Crippen LogP contribution < -0.4 is 5.32 Å². The average Bonchev–Trinajstić information content (AvgIpc) is 2.48. The summed E-state index contributed by atoms with van der Waals surface area (Å²) >= 11 is 7.00. The zero-order valence-electron chi connectivity index (χ0n) is 12.4. The molecule has 1 aromatic carbocycles. The summed E-state index contributed by atoms with van der Waals surface area (Å²) in [6, 6.07) is 11.0. The molecule has 21 heavy (non-hydrogen) atoms. The van der Waals surface area contributed by atoms with Gasteiger partial charge in [0, 0.05) is 33.3 Å². The van der Waals surface area contributed by atoms with E-state index < -0.39 is 0 Å². The molecular weight excluding hydrogens is 392 g/mol. The number of aromatic nitrogens is 1. The summed E-state index contributed by atoms with van der Waals surface area (Å²) in [6.45, 7) is 5.33. The van der Waals surface area contributed by atoms with Crippen molar-refractivity contribution in [3.63, 3.8) is 0 Å². The summed E-state index contributed by atoms with van der Waals surface area (Å²) in [4.78, 5) is 4.50. The lowest BCUT2D eigenvalue weighted by Crippen LogP contribution is -2.24. The lowest BCUT2D eigenvalue weighted by atomic mass is 9.99. The topological polar surface area (TPSA) is 24.9 Å². The Bertz CT molecular complexity index is 582. The van der Waals surface area contributed by atoms with E-state index in [9.17, 15) is 0 Å². The Balaban J connectivity index is 2.20. The van der Waals surface area contributed by atoms with Crippen molar-refractivity contribution in [2.24, 2.45) is 0 Å². The molecule has 1 atom stereocenters. The van der Waals surface area contributed by atoms with Gasteiger partial charge in [-0.2, -0.15) is 0 Å². The Kier molecular flexibility index (Phi) is 6.40. The highest BCUT2D eigenvalue weighted by atomic mass is 79.9. The van der Waals surface area contributed by atoms with Gasteiger partial charge in [-0.15, -0.1) is 0 Å². The van der Waals surface area contributed by atoms with Crippen LogP contribution in [0.2, 0.25) is 0 Å². The van der Waals surface area contributed by atoms with Crippen molar-refractivity contribution in [1.29, 1.82) is 0 Å². The number of nitrogens with zero attached hydrogens (tertiary/aromatic N) is 1. The molecule has 0 bridgehead atoms. The van der Waals surface area contributed by atoms with Gasteiger partial charge >= 0.3 is 0 Å². The molecule has 0 amide bonds. The molecule has 2 aromatic rings. The van der Waals surface area contributed by atoms with Gasteiger partial charge in [-0.05, 0) is 65.1 Å². The smallest absolute Gasteiger partial charge is 0.0423 e. The highest BCUT2D eigenvalue weighted by Crippen LogP contribution is 2.24. The zero-order valence-corrected chi connectivity index (χ0v) is 15.5. The third-order valence-electron chi connectivity index (χ3n) is 3.43. The largest absolute Gasteiger partial charge is 0.310 e. The van der Waals surface area contributed by atoms with E-state index in [1.165, 1.54) is 11.1 Å². The van der Waals surface area contributed by atoms with Gasteiger partial charge in [-0.3, -0.25) is 4.98 Å². The van der Waals surface area contributed by atoms with Crippen LogP contribution in [0.3, 0.4) is 0 Å². The summed E-state index contributed by atoms with van der Waals surface area (Å²) < 4.78 is 2.17. The van der Waals surface area contributed by atoms with Crippen LogP contribution in [0.5, 0.6) is 0 Å². The molecule has 0 radical (unpaired) electrons. The first-order valence-corrected chi connectivity index (χ1v) is 8.78. The van der Waals surface area contributed by atoms with E-state index in [0.717, 1.165) is 34.0 Å². The number of hydrogen-bond donors (Lipinski definition) is 1. The predicted molar refractivity (Wildman–Crippen MR) is 95.6 cm³/mol. The molecule has 112 valence electrons. The fraction of sp³-hybridized carbons (Fsp3) is 0.353. The summed E-state index contributed by atoms with van der Waals surface area (Å²) in [5.41, 5.74) is 3.68. The number of aryl methyl sites for hydroxylation is 1. The molecular formula is C17H20Br2N2. The van der Waals surface area contributed by atoms with Crippen LogP contribution in [0.25, 0.3) is 0 Å². The molecule has 0 aliphatic rings. The Morgan fingerprint density at radius 2 is 2.00 bits per heavy atom. The molecule has 1 aromatic heterocycles. The van der Waals surface area contributed by atoms with E-state index in [1.54, 1.807) is 0 Å². The van der Waals surface area contributed by atoms with Crippen LogP contribution in [-0.2, 0) is 6.42 Å². The van der Waals surface area contributed by atoms with E-state index in [1.807, 2.05) is 12.3 Å². The van der Waals surface area contributed by atoms with Gasteiger partial charge in [-0.25, -0.2) is 0 Å². The van der Waals surface area contributed by atoms with Crippen LogP contribution in [0.4, 0.5) is 0 Å². The van der Waals surface area contributed by atoms with E-state index in [0.29, 0.717) is 6.04 Å². The SMILES string of the molecule is CCCNC(Cc1ccc(Br)cn1)c1ccc(Br)c(C)c1. The maximum absolute atomic E-state index is 4.50. The first kappa shape index (κ1) is 16.7. The van der Waals surface area contributed by atoms with Gasteiger partial charge in [0.1, 0.15) is 0 Å². The molecule has 0 fully saturated rings. The standard InChI is InChI=1S/C17H20Br2N2/c1-3-8-20-17(10-15-6-5-14(18)11-21-15)13-4-7-16(19)12(2)9-13/h4-7,9,11,17,20H,3,8,10H2,1-2H3. The second-order valence-corrected chi connectivity index (χ2v) is 6.96. The second-order valence-electron chi connectivity index (χ2n) is 5.19. The normalized spacial score (nSPS) is 12.4. The predicted octanol–water partition coefficient (Wildman–Crippen LogP) is 5.20. The summed E-state index contributed by atoms with van der Waals surface area (Å²) in [5, 5.41) is 3.63. The quantitative estimate of drug-likeness (QED) is 0.706. The van der Waals surface area contributed by atoms with E-state index in [-0.39, 0.29) is 0 Å². The molecule has 1 N–H and O–H groups in total. The van der Waals surface area contributed by atoms with Crippen molar-refractivity contribution >= 4 is 31.9 Å². The maximum atomic E-state index is 4.50. The fourth-order valence-electron chi connectivity index (χ4n) is 2.25. The van der Waals surface area contributed by atoms with Gasteiger partial charge in [-0.1, -0.05) is 35.0 Å². The highest BCUT2D eigenvalue weighted by molar-refractivity contribution is 9.10. The fourth-order valence-corrected chi connectivity index (χ4v) is 2.73. The monoisotopic (exact) mass is 410 g/mol. The van der Waals surface area contributed by atoms with E-state index >= 15 is 0 Å². The zero-order chi connectivity index (χ0) is 15.2.